The van der Waals surface area contributed by atoms with Gasteiger partial charge in [-0.05, 0) is 6.07 Å². The summed E-state index contributed by atoms with van der Waals surface area (Å²) >= 11 is 0. The van der Waals surface area contributed by atoms with Crippen LogP contribution in [0.4, 0.5) is 11.7 Å². The molecule has 0 radical (unpaired) electrons. The maximum Gasteiger partial charge on any atom is 0.310 e. The monoisotopic (exact) mass is 222 g/mol. The van der Waals surface area contributed by atoms with Crippen LogP contribution in [0.3, 0.4) is 0 Å². The molecule has 2 aromatic rings. The number of hydrogen-bond acceptors (Lipinski definition) is 6. The highest BCUT2D eigenvalue weighted by Gasteiger charge is 2.11. The number of aromatic nitrogens is 1. The normalized spacial score (nSPS) is 10.9. The van der Waals surface area contributed by atoms with Gasteiger partial charge in [-0.3, -0.25) is 15.5 Å². The maximum atomic E-state index is 10.5. The van der Waals surface area contributed by atoms with Crippen LogP contribution in [0.2, 0.25) is 0 Å². The molecule has 0 aliphatic heterocycles. The molecular weight excluding hydrogens is 212 g/mol. The Hall–Kier alpha value is -2.15. The fourth-order valence-corrected chi connectivity index (χ4v) is 1.27. The number of nitro groups is 1. The summed E-state index contributed by atoms with van der Waals surface area (Å²) in [6.45, 7) is 0. The van der Waals surface area contributed by atoms with E-state index in [1.165, 1.54) is 12.1 Å². The van der Waals surface area contributed by atoms with Gasteiger partial charge in [-0.2, -0.15) is 4.98 Å². The van der Waals surface area contributed by atoms with Crippen molar-refractivity contribution in [3.63, 3.8) is 0 Å². The maximum absolute atomic E-state index is 10.5. The molecule has 0 fully saturated rings. The van der Waals surface area contributed by atoms with E-state index in [0.29, 0.717) is 17.1 Å². The van der Waals surface area contributed by atoms with Crippen molar-refractivity contribution in [1.82, 2.24) is 9.99 Å². The van der Waals surface area contributed by atoms with Crippen LogP contribution in [-0.2, 0) is 0 Å². The van der Waals surface area contributed by atoms with Gasteiger partial charge in [-0.25, -0.2) is 5.01 Å². The Kier molecular flexibility index (Phi) is 2.45. The standard InChI is InChI=1S/C9H10N4O3/c1-12(2)11-9-10-7-4-3-6(13(14)15)5-8(7)16-9/h3-5H,1-2H3,(H,10,11). The van der Waals surface area contributed by atoms with Gasteiger partial charge in [0.25, 0.3) is 5.69 Å². The van der Waals surface area contributed by atoms with Crippen molar-refractivity contribution >= 4 is 22.8 Å². The highest BCUT2D eigenvalue weighted by molar-refractivity contribution is 5.77. The van der Waals surface area contributed by atoms with Crippen molar-refractivity contribution in [3.8, 4) is 0 Å². The SMILES string of the molecule is CN(C)Nc1nc2ccc([N+](=O)[O-])cc2o1. The number of nitrogens with zero attached hydrogens (tertiary/aromatic N) is 3. The minimum atomic E-state index is -0.471. The third-order valence-electron chi connectivity index (χ3n) is 1.90. The van der Waals surface area contributed by atoms with E-state index in [1.807, 2.05) is 0 Å². The second-order valence-corrected chi connectivity index (χ2v) is 3.43. The molecule has 1 heterocycles. The summed E-state index contributed by atoms with van der Waals surface area (Å²) in [5.74, 6) is 0. The topological polar surface area (TPSA) is 84.4 Å². The molecule has 0 unspecified atom stereocenters. The van der Waals surface area contributed by atoms with Crippen molar-refractivity contribution < 1.29 is 9.34 Å². The van der Waals surface area contributed by atoms with Crippen LogP contribution >= 0.6 is 0 Å². The minimum absolute atomic E-state index is 0.0138. The zero-order valence-corrected chi connectivity index (χ0v) is 8.80. The van der Waals surface area contributed by atoms with Gasteiger partial charge in [0, 0.05) is 20.2 Å². The summed E-state index contributed by atoms with van der Waals surface area (Å²) < 4.78 is 5.30. The lowest BCUT2D eigenvalue weighted by atomic mass is 10.3. The van der Waals surface area contributed by atoms with Crippen LogP contribution in [0, 0.1) is 10.1 Å². The molecule has 7 nitrogen and oxygen atoms in total. The van der Waals surface area contributed by atoms with Gasteiger partial charge < -0.3 is 4.42 Å². The van der Waals surface area contributed by atoms with E-state index in [0.717, 1.165) is 0 Å². The molecule has 2 rings (SSSR count). The van der Waals surface area contributed by atoms with E-state index in [1.54, 1.807) is 25.2 Å². The zero-order valence-electron chi connectivity index (χ0n) is 8.80. The van der Waals surface area contributed by atoms with Crippen LogP contribution in [0.1, 0.15) is 0 Å². The molecule has 0 saturated carbocycles. The quantitative estimate of drug-likeness (QED) is 0.627. The number of nitrogens with one attached hydrogen (secondary N) is 1. The Bertz CT molecular complexity index is 535. The van der Waals surface area contributed by atoms with Crippen LogP contribution in [0.25, 0.3) is 11.1 Å². The lowest BCUT2D eigenvalue weighted by molar-refractivity contribution is -0.384. The van der Waals surface area contributed by atoms with Gasteiger partial charge in [0.2, 0.25) is 0 Å². The zero-order chi connectivity index (χ0) is 11.7. The molecule has 0 spiro atoms. The van der Waals surface area contributed by atoms with Gasteiger partial charge >= 0.3 is 6.01 Å². The number of nitro benzene ring substituents is 1. The molecule has 1 N–H and O–H groups in total. The van der Waals surface area contributed by atoms with E-state index in [4.69, 9.17) is 4.42 Å². The summed E-state index contributed by atoms with van der Waals surface area (Å²) in [5, 5.41) is 12.2. The van der Waals surface area contributed by atoms with Crippen molar-refractivity contribution in [2.75, 3.05) is 19.5 Å². The molecule has 0 amide bonds. The van der Waals surface area contributed by atoms with Crippen LogP contribution < -0.4 is 5.43 Å². The first-order chi connectivity index (χ1) is 7.56. The summed E-state index contributed by atoms with van der Waals surface area (Å²) in [4.78, 5) is 14.2. The Morgan fingerprint density at radius 1 is 1.50 bits per heavy atom. The highest BCUT2D eigenvalue weighted by Crippen LogP contribution is 2.23. The molecule has 16 heavy (non-hydrogen) atoms. The highest BCUT2D eigenvalue weighted by atomic mass is 16.6. The van der Waals surface area contributed by atoms with Crippen LogP contribution in [-0.4, -0.2) is 29.0 Å². The molecule has 1 aromatic carbocycles. The summed E-state index contributed by atoms with van der Waals surface area (Å²) in [7, 11) is 3.58. The van der Waals surface area contributed by atoms with E-state index in [2.05, 4.69) is 10.4 Å². The van der Waals surface area contributed by atoms with Crippen LogP contribution in [0.5, 0.6) is 0 Å². The van der Waals surface area contributed by atoms with Gasteiger partial charge in [-0.15, -0.1) is 0 Å². The number of anilines is 1. The van der Waals surface area contributed by atoms with E-state index < -0.39 is 4.92 Å². The second-order valence-electron chi connectivity index (χ2n) is 3.43. The molecule has 0 aliphatic carbocycles. The van der Waals surface area contributed by atoms with Gasteiger partial charge in [0.05, 0.1) is 11.0 Å². The number of hydrogen-bond donors (Lipinski definition) is 1. The first-order valence-electron chi connectivity index (χ1n) is 4.55. The van der Waals surface area contributed by atoms with Gasteiger partial charge in [-0.1, -0.05) is 0 Å². The van der Waals surface area contributed by atoms with Crippen molar-refractivity contribution in [2.24, 2.45) is 0 Å². The average molecular weight is 222 g/mol. The lowest BCUT2D eigenvalue weighted by Gasteiger charge is -2.07. The Morgan fingerprint density at radius 2 is 2.25 bits per heavy atom. The van der Waals surface area contributed by atoms with E-state index in [9.17, 15) is 10.1 Å². The lowest BCUT2D eigenvalue weighted by Crippen LogP contribution is -2.19. The minimum Gasteiger partial charge on any atom is -0.422 e. The molecule has 7 heteroatoms. The van der Waals surface area contributed by atoms with Crippen molar-refractivity contribution in [2.45, 2.75) is 0 Å². The van der Waals surface area contributed by atoms with Crippen molar-refractivity contribution in [1.29, 1.82) is 0 Å². The molecule has 0 atom stereocenters. The third kappa shape index (κ3) is 1.94. The number of non-ortho nitro benzene ring substituents is 1. The molecule has 0 aliphatic rings. The van der Waals surface area contributed by atoms with Gasteiger partial charge in [0.1, 0.15) is 5.52 Å². The number of rotatable bonds is 3. The van der Waals surface area contributed by atoms with E-state index in [-0.39, 0.29) is 5.69 Å². The third-order valence-corrected chi connectivity index (χ3v) is 1.90. The second kappa shape index (κ2) is 3.78. The summed E-state index contributed by atoms with van der Waals surface area (Å²) in [6, 6.07) is 4.60. The fraction of sp³-hybridized carbons (Fsp3) is 0.222. The summed E-state index contributed by atoms with van der Waals surface area (Å²) in [6.07, 6.45) is 0. The van der Waals surface area contributed by atoms with Gasteiger partial charge in [0.15, 0.2) is 5.58 Å². The summed E-state index contributed by atoms with van der Waals surface area (Å²) in [5.41, 5.74) is 3.78. The Morgan fingerprint density at radius 3 is 2.88 bits per heavy atom. The average Bonchev–Trinajstić information content (AvgIpc) is 2.56. The molecule has 1 aromatic heterocycles. The number of hydrazine groups is 1. The Balaban J connectivity index is 2.42. The van der Waals surface area contributed by atoms with Crippen molar-refractivity contribution in [3.05, 3.63) is 28.3 Å². The Labute approximate surface area is 90.8 Å². The molecule has 0 saturated heterocycles. The number of fused-ring (bicyclic) bond motifs is 1. The molecular formula is C9H10N4O3. The van der Waals surface area contributed by atoms with E-state index >= 15 is 0 Å². The molecule has 84 valence electrons. The first kappa shape index (κ1) is 10.4. The molecule has 0 bridgehead atoms. The smallest absolute Gasteiger partial charge is 0.310 e. The number of benzene rings is 1. The van der Waals surface area contributed by atoms with Crippen LogP contribution in [0.15, 0.2) is 22.6 Å². The fourth-order valence-electron chi connectivity index (χ4n) is 1.27. The predicted molar refractivity (Wildman–Crippen MR) is 58.0 cm³/mol. The first-order valence-corrected chi connectivity index (χ1v) is 4.55. The number of oxazole rings is 1. The predicted octanol–water partition coefficient (Wildman–Crippen LogP) is 1.62. The largest absolute Gasteiger partial charge is 0.422 e.